The lowest BCUT2D eigenvalue weighted by molar-refractivity contribution is -0.138. The van der Waals surface area contributed by atoms with Crippen molar-refractivity contribution in [2.75, 3.05) is 194 Å². The third-order valence-electron chi connectivity index (χ3n) is 25.8. The van der Waals surface area contributed by atoms with Crippen molar-refractivity contribution in [2.24, 2.45) is 0 Å². The van der Waals surface area contributed by atoms with Gasteiger partial charge in [0.05, 0.1) is 46.2 Å². The lowest BCUT2D eigenvalue weighted by Crippen LogP contribution is -2.32. The quantitative estimate of drug-likeness (QED) is 0.00809. The van der Waals surface area contributed by atoms with Crippen LogP contribution in [0.25, 0.3) is 0 Å². The van der Waals surface area contributed by atoms with Crippen molar-refractivity contribution in [1.82, 2.24) is 39.5 Å². The monoisotopic (exact) mass is 1800 g/mol. The van der Waals surface area contributed by atoms with Crippen molar-refractivity contribution >= 4 is 47.1 Å². The van der Waals surface area contributed by atoms with Crippen LogP contribution in [0.1, 0.15) is 176 Å². The van der Waals surface area contributed by atoms with Crippen LogP contribution in [0.15, 0.2) is 133 Å². The smallest absolute Gasteiger partial charge is 0.330 e. The van der Waals surface area contributed by atoms with Gasteiger partial charge in [-0.2, -0.15) is 0 Å². The molecule has 3 unspecified atom stereocenters. The molecule has 4 fully saturated rings. The molecule has 0 spiro atoms. The van der Waals surface area contributed by atoms with Crippen LogP contribution in [0.4, 0.5) is 40.8 Å². The van der Waals surface area contributed by atoms with E-state index in [1.807, 2.05) is 102 Å². The topological polar surface area (TPSA) is 306 Å². The Balaban J connectivity index is 0.000000158. The maximum absolute atomic E-state index is 15.7. The second kappa shape index (κ2) is 49.4. The summed E-state index contributed by atoms with van der Waals surface area (Å²) >= 11 is 0. The highest BCUT2D eigenvalue weighted by Crippen LogP contribution is 2.40. The molecule has 0 bridgehead atoms. The molecule has 0 amide bonds. The number of carbonyl (C=O) groups is 4. The van der Waals surface area contributed by atoms with E-state index in [1.165, 1.54) is 35.4 Å². The first-order valence-corrected chi connectivity index (χ1v) is 46.5. The van der Waals surface area contributed by atoms with Crippen LogP contribution in [-0.2, 0) is 89.5 Å². The maximum Gasteiger partial charge on any atom is 0.330 e. The zero-order valence-corrected chi connectivity index (χ0v) is 76.2. The number of rotatable bonds is 42. The number of aryl methyl sites for hydroxylation is 8. The molecular formula is C100H134F4N12O14. The molecule has 130 heavy (non-hydrogen) atoms. The summed E-state index contributed by atoms with van der Waals surface area (Å²) < 4.78 is 98.9. The number of methoxy groups -OCH3 is 4. The standard InChI is InChI=1S/3C27H36FN3O4.C19H26FN3O2/c3*1-34-14-15-35-24-6-2-4-21(16-24)22(17-25(32)33)18-31-13-11-27(28,19-31)10-9-23-8-7-20-5-3-12-29-26(20)30-23;1-25-17(24)5-3-12-23-13-10-19(20,14-23)9-8-16-7-6-15-4-2-11-21-18(15)22-16/h3*2,4,6-8,16,22H,3,5,9-15,17-19H2,1H3,(H,29,30)(H,32,33);3,5-7H,2,4,8-14H2,1H3,(H,21,22)/b;;;5-3+/t22-,27+;22-,27-;;/m10../s1. The summed E-state index contributed by atoms with van der Waals surface area (Å²) in [6.07, 6.45) is 17.8. The minimum atomic E-state index is -1.29. The molecule has 706 valence electrons. The van der Waals surface area contributed by atoms with Crippen molar-refractivity contribution in [3.8, 4) is 17.2 Å². The van der Waals surface area contributed by atoms with E-state index in [2.05, 4.69) is 70.0 Å². The fourth-order valence-electron chi connectivity index (χ4n) is 18.6. The van der Waals surface area contributed by atoms with E-state index in [0.717, 1.165) is 140 Å². The molecule has 7 atom stereocenters. The summed E-state index contributed by atoms with van der Waals surface area (Å²) in [4.78, 5) is 72.8. The summed E-state index contributed by atoms with van der Waals surface area (Å²) in [7, 11) is 6.19. The molecule has 30 heteroatoms. The molecule has 7 aromatic rings. The number of carboxylic acid groups (broad SMARTS) is 3. The number of aliphatic carboxylic acids is 3. The minimum Gasteiger partial charge on any atom is -0.491 e. The number of likely N-dealkylation sites (tertiary alicyclic amines) is 4. The van der Waals surface area contributed by atoms with Gasteiger partial charge in [0.15, 0.2) is 0 Å². The largest absolute Gasteiger partial charge is 0.491 e. The number of benzene rings is 3. The summed E-state index contributed by atoms with van der Waals surface area (Å²) in [5.41, 5.74) is 6.32. The average molecular weight is 1800 g/mol. The molecule has 0 radical (unpaired) electrons. The van der Waals surface area contributed by atoms with Crippen molar-refractivity contribution in [2.45, 2.75) is 188 Å². The lowest BCUT2D eigenvalue weighted by Gasteiger charge is -2.25. The van der Waals surface area contributed by atoms with Gasteiger partial charge in [0.1, 0.15) is 83.0 Å². The van der Waals surface area contributed by atoms with E-state index >= 15 is 17.6 Å². The van der Waals surface area contributed by atoms with E-state index in [0.29, 0.717) is 212 Å². The Morgan fingerprint density at radius 1 is 0.400 bits per heavy atom. The van der Waals surface area contributed by atoms with E-state index < -0.39 is 40.6 Å². The van der Waals surface area contributed by atoms with E-state index in [1.54, 1.807) is 27.4 Å². The number of esters is 1. The molecule has 0 saturated carbocycles. The third-order valence-corrected chi connectivity index (χ3v) is 25.8. The van der Waals surface area contributed by atoms with Crippen LogP contribution in [0, 0.1) is 0 Å². The van der Waals surface area contributed by atoms with E-state index in [9.17, 15) is 34.5 Å². The molecule has 4 aromatic heterocycles. The van der Waals surface area contributed by atoms with Gasteiger partial charge < -0.3 is 69.7 Å². The number of nitrogens with one attached hydrogen (secondary N) is 4. The number of ether oxygens (including phenoxy) is 7. The zero-order valence-electron chi connectivity index (χ0n) is 76.2. The van der Waals surface area contributed by atoms with Gasteiger partial charge in [-0.1, -0.05) is 66.7 Å². The Bertz CT molecular complexity index is 4450. The Morgan fingerprint density at radius 3 is 0.962 bits per heavy atom. The van der Waals surface area contributed by atoms with Gasteiger partial charge in [0.25, 0.3) is 0 Å². The maximum atomic E-state index is 15.7. The molecule has 3 aromatic carbocycles. The van der Waals surface area contributed by atoms with Crippen molar-refractivity contribution in [3.05, 3.63) is 195 Å². The molecule has 8 aliphatic rings. The van der Waals surface area contributed by atoms with Crippen LogP contribution >= 0.6 is 0 Å². The molecule has 7 N–H and O–H groups in total. The van der Waals surface area contributed by atoms with Gasteiger partial charge in [-0.25, -0.2) is 42.3 Å². The number of hydrogen-bond donors (Lipinski definition) is 7. The number of nitrogens with zero attached hydrogens (tertiary/aromatic N) is 8. The van der Waals surface area contributed by atoms with Gasteiger partial charge in [0.2, 0.25) is 0 Å². The highest BCUT2D eigenvalue weighted by Gasteiger charge is 2.43. The van der Waals surface area contributed by atoms with Crippen LogP contribution in [-0.4, -0.2) is 274 Å². The molecular weight excluding hydrogens is 1670 g/mol. The Hall–Kier alpha value is -10.1. The van der Waals surface area contributed by atoms with Crippen LogP contribution in [0.2, 0.25) is 0 Å². The van der Waals surface area contributed by atoms with Gasteiger partial charge in [-0.15, -0.1) is 0 Å². The van der Waals surface area contributed by atoms with E-state index in [-0.39, 0.29) is 43.0 Å². The predicted octanol–water partition coefficient (Wildman–Crippen LogP) is 14.7. The highest BCUT2D eigenvalue weighted by atomic mass is 19.2. The number of aromatic nitrogens is 4. The lowest BCUT2D eigenvalue weighted by atomic mass is 9.94. The Kier molecular flexibility index (Phi) is 37.6. The fourth-order valence-corrected chi connectivity index (χ4v) is 18.6. The van der Waals surface area contributed by atoms with Gasteiger partial charge in [0, 0.05) is 173 Å². The van der Waals surface area contributed by atoms with Gasteiger partial charge in [-0.05, 0) is 228 Å². The first-order valence-electron chi connectivity index (χ1n) is 46.5. The summed E-state index contributed by atoms with van der Waals surface area (Å²) in [6, 6.07) is 39.1. The SMILES string of the molecule is COC(=O)/C=C/CN1CCC(F)(CCc2ccc3c(n2)NCCC3)C1.COCCOc1cccc(C(CC(=O)O)CN2CCC(F)(CCc3ccc4c(n3)NCCC4)C2)c1.COCCOc1cccc([C@@H](CC(=O)O)CN2CC[C@@](F)(CCc3ccc4c(n3)NCCC4)C2)c1.COCCOc1cccc([C@H](CC(=O)O)CN2CC[C@@](F)(CCc3ccc4c(n3)NCCC4)C2)c1. The Labute approximate surface area is 762 Å². The van der Waals surface area contributed by atoms with Crippen LogP contribution in [0.3, 0.4) is 0 Å². The number of alkyl halides is 4. The summed E-state index contributed by atoms with van der Waals surface area (Å²) in [5.74, 6) is 2.16. The molecule has 26 nitrogen and oxygen atoms in total. The number of anilines is 4. The number of carboxylic acids is 3. The number of pyridine rings is 4. The predicted molar refractivity (Wildman–Crippen MR) is 495 cm³/mol. The molecule has 12 heterocycles. The van der Waals surface area contributed by atoms with Crippen molar-refractivity contribution in [1.29, 1.82) is 0 Å². The zero-order chi connectivity index (χ0) is 91.7. The van der Waals surface area contributed by atoms with Gasteiger partial charge >= 0.3 is 23.9 Å². The van der Waals surface area contributed by atoms with Crippen molar-refractivity contribution < 1.29 is 85.2 Å². The van der Waals surface area contributed by atoms with Crippen LogP contribution in [0.5, 0.6) is 17.2 Å². The first kappa shape index (κ1) is 98.9. The molecule has 8 aliphatic heterocycles. The Morgan fingerprint density at radius 2 is 0.685 bits per heavy atom. The second-order valence-electron chi connectivity index (χ2n) is 36.0. The number of halogens is 4. The molecule has 0 aliphatic carbocycles. The number of carbonyl (C=O) groups excluding carboxylic acids is 1. The summed E-state index contributed by atoms with van der Waals surface area (Å²) in [6.45, 7) is 12.5. The highest BCUT2D eigenvalue weighted by molar-refractivity contribution is 5.81. The first-order chi connectivity index (χ1) is 62.9. The van der Waals surface area contributed by atoms with Crippen molar-refractivity contribution in [3.63, 3.8) is 0 Å². The third kappa shape index (κ3) is 31.3. The number of fused-ring (bicyclic) bond motifs is 4. The normalized spacial score (nSPS) is 21.3. The van der Waals surface area contributed by atoms with Crippen LogP contribution < -0.4 is 35.5 Å². The molecule has 15 rings (SSSR count). The number of hydrogen-bond acceptors (Lipinski definition) is 23. The molecule has 4 saturated heterocycles. The second-order valence-corrected chi connectivity index (χ2v) is 36.0. The average Bonchev–Trinajstić information content (AvgIpc) is 1.69. The minimum absolute atomic E-state index is 0.0106. The van der Waals surface area contributed by atoms with Gasteiger partial charge in [-0.3, -0.25) is 34.0 Å². The van der Waals surface area contributed by atoms with E-state index in [4.69, 9.17) is 43.4 Å². The summed E-state index contributed by atoms with van der Waals surface area (Å²) in [5, 5.41) is 41.9. The fraction of sp³-hybridized carbons (Fsp3) is 0.560.